The van der Waals surface area contributed by atoms with Crippen LogP contribution in [-0.2, 0) is 14.3 Å². The average Bonchev–Trinajstić information content (AvgIpc) is 2.70. The minimum atomic E-state index is -0.557. The minimum absolute atomic E-state index is 0.0248. The number of carbonyl (C=O) groups is 2. The first kappa shape index (κ1) is 22.1. The third kappa shape index (κ3) is 3.80. The Bertz CT molecular complexity index is 722. The van der Waals surface area contributed by atoms with E-state index in [1.807, 2.05) is 6.92 Å². The van der Waals surface area contributed by atoms with E-state index in [2.05, 4.69) is 45.2 Å². The van der Waals surface area contributed by atoms with Crippen LogP contribution in [0.15, 0.2) is 23.3 Å². The molecule has 0 aromatic heterocycles. The highest BCUT2D eigenvalue weighted by atomic mass is 16.5. The van der Waals surface area contributed by atoms with Gasteiger partial charge in [0, 0.05) is 0 Å². The molecule has 3 rings (SSSR count). The molecule has 0 spiro atoms. The Morgan fingerprint density at radius 2 is 2.00 bits per heavy atom. The highest BCUT2D eigenvalue weighted by Gasteiger charge is 2.57. The van der Waals surface area contributed by atoms with Crippen molar-refractivity contribution in [1.82, 2.24) is 5.32 Å². The molecule has 0 bridgehead atoms. The van der Waals surface area contributed by atoms with E-state index in [9.17, 15) is 9.59 Å². The summed E-state index contributed by atoms with van der Waals surface area (Å²) in [5.41, 5.74) is 2.76. The quantitative estimate of drug-likeness (QED) is 0.645. The van der Waals surface area contributed by atoms with E-state index in [0.29, 0.717) is 24.2 Å². The van der Waals surface area contributed by atoms with Crippen molar-refractivity contribution < 1.29 is 14.3 Å². The van der Waals surface area contributed by atoms with E-state index < -0.39 is 11.5 Å². The number of hydrogen-bond donors (Lipinski definition) is 1. The third-order valence-electron chi connectivity index (χ3n) is 8.30. The van der Waals surface area contributed by atoms with Crippen LogP contribution in [-0.4, -0.2) is 25.0 Å². The molecule has 0 aromatic rings. The number of nitrogens with one attached hydrogen (secondary N) is 1. The predicted octanol–water partition coefficient (Wildman–Crippen LogP) is 5.19. The van der Waals surface area contributed by atoms with Crippen molar-refractivity contribution in [3.63, 3.8) is 0 Å². The highest BCUT2D eigenvalue weighted by Crippen LogP contribution is 2.62. The number of methoxy groups -OCH3 is 1. The second-order valence-corrected chi connectivity index (χ2v) is 10.2. The van der Waals surface area contributed by atoms with Crippen molar-refractivity contribution in [2.45, 2.75) is 85.6 Å². The van der Waals surface area contributed by atoms with Crippen LogP contribution in [0.2, 0.25) is 0 Å². The van der Waals surface area contributed by atoms with E-state index in [4.69, 9.17) is 4.74 Å². The smallest absolute Gasteiger partial charge is 0.328 e. The van der Waals surface area contributed by atoms with Gasteiger partial charge in [-0.3, -0.25) is 4.79 Å². The van der Waals surface area contributed by atoms with Crippen molar-refractivity contribution in [3.05, 3.63) is 23.3 Å². The zero-order valence-electron chi connectivity index (χ0n) is 19.1. The molecule has 1 amide bonds. The molecular formula is C25H39NO3. The van der Waals surface area contributed by atoms with Crippen molar-refractivity contribution in [3.8, 4) is 0 Å². The molecule has 3 aliphatic rings. The van der Waals surface area contributed by atoms with E-state index in [-0.39, 0.29) is 17.3 Å². The first-order chi connectivity index (χ1) is 13.7. The molecule has 1 N–H and O–H groups in total. The number of carbonyl (C=O) groups excluding carboxylic acids is 2. The maximum atomic E-state index is 13.5. The first-order valence-corrected chi connectivity index (χ1v) is 11.5. The van der Waals surface area contributed by atoms with Crippen molar-refractivity contribution in [2.24, 2.45) is 28.6 Å². The monoisotopic (exact) mass is 401 g/mol. The first-order valence-electron chi connectivity index (χ1n) is 11.5. The van der Waals surface area contributed by atoms with Gasteiger partial charge in [-0.1, -0.05) is 58.8 Å². The van der Waals surface area contributed by atoms with Gasteiger partial charge in [-0.2, -0.15) is 0 Å². The normalized spacial score (nSPS) is 35.0. The van der Waals surface area contributed by atoms with Gasteiger partial charge in [0.25, 0.3) is 0 Å². The largest absolute Gasteiger partial charge is 0.467 e. The lowest BCUT2D eigenvalue weighted by Crippen LogP contribution is -2.57. The standard InChI is InChI=1S/C25H39NO3/c1-7-20(22(27)29-6)26-23(28)25(5)14-8-13-24(4)19-11-9-17(16(2)3)15-18(19)10-12-21(24)25/h10,15-16,19-21H,7-9,11-14H2,1-6H3,(H,26,28)/t19-,20-,21+,24+,25+/m0/s1. The molecule has 0 aromatic carbocycles. The second kappa shape index (κ2) is 8.28. The number of hydrogen-bond acceptors (Lipinski definition) is 3. The van der Waals surface area contributed by atoms with Crippen LogP contribution < -0.4 is 5.32 Å². The summed E-state index contributed by atoms with van der Waals surface area (Å²) in [4.78, 5) is 25.5. The topological polar surface area (TPSA) is 55.4 Å². The molecule has 3 aliphatic carbocycles. The second-order valence-electron chi connectivity index (χ2n) is 10.2. The Morgan fingerprint density at radius 1 is 1.28 bits per heavy atom. The summed E-state index contributed by atoms with van der Waals surface area (Å²) in [5, 5.41) is 3.03. The number of rotatable bonds is 5. The summed E-state index contributed by atoms with van der Waals surface area (Å²) in [6.07, 6.45) is 11.9. The maximum Gasteiger partial charge on any atom is 0.328 e. The molecule has 162 valence electrons. The van der Waals surface area contributed by atoms with E-state index in [1.165, 1.54) is 31.9 Å². The van der Waals surface area contributed by atoms with Gasteiger partial charge in [0.05, 0.1) is 12.5 Å². The van der Waals surface area contributed by atoms with Crippen LogP contribution in [0.5, 0.6) is 0 Å². The average molecular weight is 402 g/mol. The summed E-state index contributed by atoms with van der Waals surface area (Å²) in [5.74, 6) is 1.12. The fourth-order valence-electron chi connectivity index (χ4n) is 6.41. The van der Waals surface area contributed by atoms with Crippen LogP contribution in [0.25, 0.3) is 0 Å². The fourth-order valence-corrected chi connectivity index (χ4v) is 6.41. The lowest BCUT2D eigenvalue weighted by atomic mass is 9.46. The van der Waals surface area contributed by atoms with Crippen LogP contribution in [0.4, 0.5) is 0 Å². The van der Waals surface area contributed by atoms with Gasteiger partial charge in [0.15, 0.2) is 0 Å². The zero-order chi connectivity index (χ0) is 21.4. The Balaban J connectivity index is 1.89. The SMILES string of the molecule is CC[C@H](NC(=O)[C@]1(C)CCC[C@@]2(C)[C@H]1CC=C1C=C(C(C)C)CC[C@@H]12)C(=O)OC. The van der Waals surface area contributed by atoms with Crippen molar-refractivity contribution in [2.75, 3.05) is 7.11 Å². The number of esters is 1. The number of ether oxygens (including phenoxy) is 1. The molecule has 0 aliphatic heterocycles. The number of allylic oxidation sites excluding steroid dienone is 4. The molecule has 1 fully saturated rings. The van der Waals surface area contributed by atoms with Gasteiger partial charge in [-0.05, 0) is 67.3 Å². The van der Waals surface area contributed by atoms with Crippen LogP contribution in [0.3, 0.4) is 0 Å². The van der Waals surface area contributed by atoms with Gasteiger partial charge >= 0.3 is 5.97 Å². The number of fused-ring (bicyclic) bond motifs is 3. The molecule has 0 radical (unpaired) electrons. The molecular weight excluding hydrogens is 362 g/mol. The predicted molar refractivity (Wildman–Crippen MR) is 116 cm³/mol. The molecule has 0 unspecified atom stereocenters. The lowest BCUT2D eigenvalue weighted by Gasteiger charge is -2.57. The lowest BCUT2D eigenvalue weighted by molar-refractivity contribution is -0.151. The van der Waals surface area contributed by atoms with Crippen LogP contribution in [0, 0.1) is 28.6 Å². The summed E-state index contributed by atoms with van der Waals surface area (Å²) >= 11 is 0. The van der Waals surface area contributed by atoms with Crippen molar-refractivity contribution >= 4 is 11.9 Å². The van der Waals surface area contributed by atoms with Crippen LogP contribution in [0.1, 0.15) is 79.6 Å². The van der Waals surface area contributed by atoms with E-state index in [1.54, 1.807) is 5.57 Å². The van der Waals surface area contributed by atoms with E-state index >= 15 is 0 Å². The summed E-state index contributed by atoms with van der Waals surface area (Å²) in [6, 6.07) is -0.557. The van der Waals surface area contributed by atoms with Gasteiger partial charge in [-0.25, -0.2) is 4.79 Å². The summed E-state index contributed by atoms with van der Waals surface area (Å²) in [6.45, 7) is 11.0. The molecule has 0 heterocycles. The van der Waals surface area contributed by atoms with Gasteiger partial charge in [-0.15, -0.1) is 0 Å². The van der Waals surface area contributed by atoms with Crippen LogP contribution >= 0.6 is 0 Å². The van der Waals surface area contributed by atoms with Gasteiger partial charge < -0.3 is 10.1 Å². The fraction of sp³-hybridized carbons (Fsp3) is 0.760. The Hall–Kier alpha value is -1.58. The highest BCUT2D eigenvalue weighted by molar-refractivity contribution is 5.88. The summed E-state index contributed by atoms with van der Waals surface area (Å²) in [7, 11) is 1.38. The molecule has 0 saturated heterocycles. The maximum absolute atomic E-state index is 13.5. The Kier molecular flexibility index (Phi) is 6.31. The molecule has 1 saturated carbocycles. The Morgan fingerprint density at radius 3 is 2.62 bits per heavy atom. The van der Waals surface area contributed by atoms with Gasteiger partial charge in [0.1, 0.15) is 6.04 Å². The molecule has 29 heavy (non-hydrogen) atoms. The summed E-state index contributed by atoms with van der Waals surface area (Å²) < 4.78 is 4.88. The molecule has 5 atom stereocenters. The van der Waals surface area contributed by atoms with E-state index in [0.717, 1.165) is 19.3 Å². The number of amides is 1. The van der Waals surface area contributed by atoms with Gasteiger partial charge in [0.2, 0.25) is 5.91 Å². The molecule has 4 heteroatoms. The Labute approximate surface area is 176 Å². The van der Waals surface area contributed by atoms with Crippen molar-refractivity contribution in [1.29, 1.82) is 0 Å². The zero-order valence-corrected chi connectivity index (χ0v) is 19.1. The minimum Gasteiger partial charge on any atom is -0.467 e. The third-order valence-corrected chi connectivity index (χ3v) is 8.30. The molecule has 4 nitrogen and oxygen atoms in total.